The second-order valence-electron chi connectivity index (χ2n) is 6.15. The van der Waals surface area contributed by atoms with E-state index in [1.165, 1.54) is 9.80 Å². The van der Waals surface area contributed by atoms with Crippen molar-refractivity contribution in [1.29, 1.82) is 0 Å². The van der Waals surface area contributed by atoms with Crippen molar-refractivity contribution in [1.82, 2.24) is 9.80 Å². The van der Waals surface area contributed by atoms with Gasteiger partial charge in [-0.2, -0.15) is 0 Å². The number of carbonyl (C=O) groups excluding carboxylic acids is 3. The van der Waals surface area contributed by atoms with Crippen LogP contribution in [0.3, 0.4) is 0 Å². The SMILES string of the molecule is O=CN1CCN(C(=O)C(=O)N(Cc2ccccc2)c2ccccc2)CC1. The molecule has 1 saturated heterocycles. The van der Waals surface area contributed by atoms with Gasteiger partial charge in [0.05, 0.1) is 6.54 Å². The Morgan fingerprint density at radius 3 is 2.04 bits per heavy atom. The first-order chi connectivity index (χ1) is 12.7. The molecule has 0 radical (unpaired) electrons. The molecule has 0 bridgehead atoms. The van der Waals surface area contributed by atoms with Crippen LogP contribution in [0, 0.1) is 0 Å². The Kier molecular flexibility index (Phi) is 5.63. The summed E-state index contributed by atoms with van der Waals surface area (Å²) >= 11 is 0. The highest BCUT2D eigenvalue weighted by Gasteiger charge is 2.30. The molecule has 2 aromatic carbocycles. The van der Waals surface area contributed by atoms with Crippen LogP contribution in [0.15, 0.2) is 60.7 Å². The Labute approximate surface area is 152 Å². The number of benzene rings is 2. The van der Waals surface area contributed by atoms with E-state index in [0.29, 0.717) is 38.4 Å². The second kappa shape index (κ2) is 8.29. The van der Waals surface area contributed by atoms with Gasteiger partial charge in [0.15, 0.2) is 0 Å². The van der Waals surface area contributed by atoms with Gasteiger partial charge in [-0.25, -0.2) is 0 Å². The number of hydrogen-bond donors (Lipinski definition) is 0. The van der Waals surface area contributed by atoms with E-state index < -0.39 is 11.8 Å². The minimum absolute atomic E-state index is 0.323. The number of hydrogen-bond acceptors (Lipinski definition) is 3. The van der Waals surface area contributed by atoms with Gasteiger partial charge in [0.2, 0.25) is 6.41 Å². The smallest absolute Gasteiger partial charge is 0.316 e. The molecule has 0 aromatic heterocycles. The Morgan fingerprint density at radius 2 is 1.46 bits per heavy atom. The normalized spacial score (nSPS) is 14.0. The first kappa shape index (κ1) is 17.7. The zero-order chi connectivity index (χ0) is 18.4. The quantitative estimate of drug-likeness (QED) is 0.620. The highest BCUT2D eigenvalue weighted by atomic mass is 16.2. The van der Waals surface area contributed by atoms with Crippen molar-refractivity contribution in [2.24, 2.45) is 0 Å². The molecule has 1 heterocycles. The summed E-state index contributed by atoms with van der Waals surface area (Å²) in [5.74, 6) is -1.09. The number of carbonyl (C=O) groups is 3. The highest BCUT2D eigenvalue weighted by Crippen LogP contribution is 2.18. The monoisotopic (exact) mass is 351 g/mol. The molecule has 1 aliphatic heterocycles. The van der Waals surface area contributed by atoms with Gasteiger partial charge >= 0.3 is 11.8 Å². The van der Waals surface area contributed by atoms with Crippen molar-refractivity contribution >= 4 is 23.9 Å². The zero-order valence-electron chi connectivity index (χ0n) is 14.5. The summed E-state index contributed by atoms with van der Waals surface area (Å²) in [6.45, 7) is 1.97. The van der Waals surface area contributed by atoms with Crippen molar-refractivity contribution in [3.8, 4) is 0 Å². The molecule has 0 aliphatic carbocycles. The number of rotatable bonds is 4. The lowest BCUT2D eigenvalue weighted by Crippen LogP contribution is -2.53. The molecule has 3 amide bonds. The molecule has 3 rings (SSSR count). The first-order valence-corrected chi connectivity index (χ1v) is 8.58. The molecule has 1 fully saturated rings. The van der Waals surface area contributed by atoms with Crippen LogP contribution in [0.5, 0.6) is 0 Å². The Hall–Kier alpha value is -3.15. The predicted octanol–water partition coefficient (Wildman–Crippen LogP) is 1.52. The van der Waals surface area contributed by atoms with E-state index in [1.807, 2.05) is 60.7 Å². The van der Waals surface area contributed by atoms with E-state index in [4.69, 9.17) is 0 Å². The fourth-order valence-corrected chi connectivity index (χ4v) is 2.94. The van der Waals surface area contributed by atoms with Crippen LogP contribution < -0.4 is 4.90 Å². The zero-order valence-corrected chi connectivity index (χ0v) is 14.5. The maximum absolute atomic E-state index is 12.9. The summed E-state index contributed by atoms with van der Waals surface area (Å²) in [7, 11) is 0. The number of amides is 3. The van der Waals surface area contributed by atoms with Crippen LogP contribution in [-0.4, -0.2) is 54.2 Å². The van der Waals surface area contributed by atoms with Crippen molar-refractivity contribution in [3.05, 3.63) is 66.2 Å². The van der Waals surface area contributed by atoms with Gasteiger partial charge < -0.3 is 9.80 Å². The fourth-order valence-electron chi connectivity index (χ4n) is 2.94. The highest BCUT2D eigenvalue weighted by molar-refractivity contribution is 6.40. The summed E-state index contributed by atoms with van der Waals surface area (Å²) in [6.07, 6.45) is 0.773. The molecule has 6 heteroatoms. The molecule has 26 heavy (non-hydrogen) atoms. The second-order valence-corrected chi connectivity index (χ2v) is 6.15. The molecule has 6 nitrogen and oxygen atoms in total. The van der Waals surface area contributed by atoms with E-state index in [0.717, 1.165) is 12.0 Å². The molecule has 0 unspecified atom stereocenters. The third kappa shape index (κ3) is 4.08. The minimum Gasteiger partial charge on any atom is -0.342 e. The fraction of sp³-hybridized carbons (Fsp3) is 0.250. The van der Waals surface area contributed by atoms with Crippen molar-refractivity contribution in [2.45, 2.75) is 6.54 Å². The van der Waals surface area contributed by atoms with E-state index in [2.05, 4.69) is 0 Å². The average Bonchev–Trinajstić information content (AvgIpc) is 2.72. The molecule has 0 saturated carbocycles. The van der Waals surface area contributed by atoms with Crippen LogP contribution >= 0.6 is 0 Å². The average molecular weight is 351 g/mol. The maximum atomic E-state index is 12.9. The van der Waals surface area contributed by atoms with Gasteiger partial charge in [0.25, 0.3) is 0 Å². The molecule has 134 valence electrons. The topological polar surface area (TPSA) is 60.9 Å². The molecule has 0 atom stereocenters. The van der Waals surface area contributed by atoms with Crippen LogP contribution in [0.1, 0.15) is 5.56 Å². The summed E-state index contributed by atoms with van der Waals surface area (Å²) in [4.78, 5) is 41.1. The number of para-hydroxylation sites is 1. The molecule has 0 N–H and O–H groups in total. The summed E-state index contributed by atoms with van der Waals surface area (Å²) in [5.41, 5.74) is 1.63. The lowest BCUT2D eigenvalue weighted by Gasteiger charge is -2.33. The van der Waals surface area contributed by atoms with Crippen molar-refractivity contribution in [3.63, 3.8) is 0 Å². The third-order valence-corrected chi connectivity index (χ3v) is 4.43. The van der Waals surface area contributed by atoms with Gasteiger partial charge in [0.1, 0.15) is 0 Å². The molecular weight excluding hydrogens is 330 g/mol. The Morgan fingerprint density at radius 1 is 0.885 bits per heavy atom. The summed E-state index contributed by atoms with van der Waals surface area (Å²) in [5, 5.41) is 0. The third-order valence-electron chi connectivity index (χ3n) is 4.43. The predicted molar refractivity (Wildman–Crippen MR) is 98.3 cm³/mol. The van der Waals surface area contributed by atoms with Crippen molar-refractivity contribution < 1.29 is 14.4 Å². The van der Waals surface area contributed by atoms with E-state index in [-0.39, 0.29) is 0 Å². The number of piperazine rings is 1. The minimum atomic E-state index is -0.556. The summed E-state index contributed by atoms with van der Waals surface area (Å²) in [6, 6.07) is 18.8. The van der Waals surface area contributed by atoms with Crippen LogP contribution in [-0.2, 0) is 20.9 Å². The molecule has 2 aromatic rings. The Bertz CT molecular complexity index is 756. The first-order valence-electron chi connectivity index (χ1n) is 8.58. The van der Waals surface area contributed by atoms with Crippen LogP contribution in [0.25, 0.3) is 0 Å². The van der Waals surface area contributed by atoms with Crippen molar-refractivity contribution in [2.75, 3.05) is 31.1 Å². The molecule has 0 spiro atoms. The van der Waals surface area contributed by atoms with Gasteiger partial charge in [-0.3, -0.25) is 19.3 Å². The lowest BCUT2D eigenvalue weighted by atomic mass is 10.2. The largest absolute Gasteiger partial charge is 0.342 e. The van der Waals surface area contributed by atoms with Gasteiger partial charge in [-0.1, -0.05) is 48.5 Å². The Balaban J connectivity index is 1.78. The number of nitrogens with zero attached hydrogens (tertiary/aromatic N) is 3. The van der Waals surface area contributed by atoms with Gasteiger partial charge in [-0.15, -0.1) is 0 Å². The van der Waals surface area contributed by atoms with Gasteiger partial charge in [-0.05, 0) is 17.7 Å². The van der Waals surface area contributed by atoms with E-state index in [1.54, 1.807) is 4.90 Å². The van der Waals surface area contributed by atoms with Crippen LogP contribution in [0.4, 0.5) is 5.69 Å². The number of anilines is 1. The van der Waals surface area contributed by atoms with E-state index in [9.17, 15) is 14.4 Å². The molecule has 1 aliphatic rings. The standard InChI is InChI=1S/C20H21N3O3/c24-16-21-11-13-22(14-12-21)19(25)20(26)23(18-9-5-2-6-10-18)15-17-7-3-1-4-8-17/h1-10,16H,11-15H2. The van der Waals surface area contributed by atoms with Crippen LogP contribution in [0.2, 0.25) is 0 Å². The van der Waals surface area contributed by atoms with E-state index >= 15 is 0 Å². The molecular formula is C20H21N3O3. The summed E-state index contributed by atoms with van der Waals surface area (Å²) < 4.78 is 0. The van der Waals surface area contributed by atoms with Gasteiger partial charge in [0, 0.05) is 31.9 Å². The maximum Gasteiger partial charge on any atom is 0.316 e. The lowest BCUT2D eigenvalue weighted by molar-refractivity contribution is -0.146.